The smallest absolute Gasteiger partial charge is 0.333 e. The van der Waals surface area contributed by atoms with Crippen LogP contribution >= 0.6 is 11.8 Å². The highest BCUT2D eigenvalue weighted by Gasteiger charge is 2.37. The Morgan fingerprint density at radius 3 is 2.05 bits per heavy atom. The summed E-state index contributed by atoms with van der Waals surface area (Å²) in [5.41, 5.74) is 0.0120. The van der Waals surface area contributed by atoms with E-state index in [0.717, 1.165) is 27.1 Å². The van der Waals surface area contributed by atoms with Gasteiger partial charge in [0.1, 0.15) is 5.57 Å². The van der Waals surface area contributed by atoms with Crippen LogP contribution in [-0.2, 0) is 9.59 Å². The molecule has 0 spiro atoms. The van der Waals surface area contributed by atoms with E-state index < -0.39 is 17.8 Å². The summed E-state index contributed by atoms with van der Waals surface area (Å²) in [7, 11) is 4.69. The highest BCUT2D eigenvalue weighted by molar-refractivity contribution is 8.03. The normalized spacial score (nSPS) is 22.9. The topological polar surface area (TPSA) is 60.9 Å². The Hall–Kier alpha value is -1.76. The largest absolute Gasteiger partial charge is 0.369 e. The van der Waals surface area contributed by atoms with Crippen LogP contribution < -0.4 is 0 Å². The number of nitrogens with zero attached hydrogens (tertiary/aromatic N) is 3. The summed E-state index contributed by atoms with van der Waals surface area (Å²) in [6.45, 7) is 0.944. The van der Waals surface area contributed by atoms with Crippen LogP contribution in [0.25, 0.3) is 0 Å². The summed E-state index contributed by atoms with van der Waals surface area (Å²) < 4.78 is 0. The van der Waals surface area contributed by atoms with E-state index in [1.807, 2.05) is 7.05 Å². The van der Waals surface area contributed by atoms with Crippen molar-refractivity contribution < 1.29 is 14.4 Å². The predicted octanol–water partition coefficient (Wildman–Crippen LogP) is 0.483. The number of carbonyl (C=O) groups is 3. The number of imide groups is 2. The Bertz CT molecular complexity index is 486. The lowest BCUT2D eigenvalue weighted by atomic mass is 10.1. The van der Waals surface area contributed by atoms with Crippen molar-refractivity contribution in [2.45, 2.75) is 0 Å². The zero-order valence-electron chi connectivity index (χ0n) is 11.0. The maximum Gasteiger partial charge on any atom is 0.333 e. The predicted molar refractivity (Wildman–Crippen MR) is 72.2 cm³/mol. The van der Waals surface area contributed by atoms with E-state index in [2.05, 4.69) is 4.90 Å². The summed E-state index contributed by atoms with van der Waals surface area (Å²) >= 11 is 1.67. The SMILES string of the molecule is CN1C(=O)C(=C/C=C2\SCCN2C)C(=O)N(C)C1=O. The first kappa shape index (κ1) is 13.7. The van der Waals surface area contributed by atoms with E-state index >= 15 is 0 Å². The molecule has 2 rings (SSSR count). The van der Waals surface area contributed by atoms with E-state index in [0.29, 0.717) is 0 Å². The van der Waals surface area contributed by atoms with Gasteiger partial charge in [-0.25, -0.2) is 4.79 Å². The number of barbiturate groups is 1. The van der Waals surface area contributed by atoms with Crippen molar-refractivity contribution in [1.82, 2.24) is 14.7 Å². The van der Waals surface area contributed by atoms with Crippen molar-refractivity contribution in [3.05, 3.63) is 22.8 Å². The number of urea groups is 1. The van der Waals surface area contributed by atoms with Crippen LogP contribution in [0.15, 0.2) is 22.8 Å². The first-order valence-corrected chi connectivity index (χ1v) is 6.78. The van der Waals surface area contributed by atoms with Crippen molar-refractivity contribution in [1.29, 1.82) is 0 Å². The Labute approximate surface area is 115 Å². The standard InChI is InChI=1S/C12H15N3O3S/c1-13-6-7-19-9(13)5-4-8-10(16)14(2)12(18)15(3)11(8)17/h4-5H,6-7H2,1-3H3/b9-5-. The third-order valence-electron chi connectivity index (χ3n) is 3.09. The zero-order chi connectivity index (χ0) is 14.2. The monoisotopic (exact) mass is 281 g/mol. The van der Waals surface area contributed by atoms with Gasteiger partial charge in [0.15, 0.2) is 0 Å². The van der Waals surface area contributed by atoms with Gasteiger partial charge in [-0.1, -0.05) is 0 Å². The van der Waals surface area contributed by atoms with Crippen molar-refractivity contribution in [2.24, 2.45) is 0 Å². The first-order chi connectivity index (χ1) is 8.93. The molecule has 0 saturated carbocycles. The molecule has 0 radical (unpaired) electrons. The van der Waals surface area contributed by atoms with E-state index in [9.17, 15) is 14.4 Å². The average Bonchev–Trinajstić information content (AvgIpc) is 2.80. The molecule has 2 fully saturated rings. The first-order valence-electron chi connectivity index (χ1n) is 5.79. The molecule has 0 aromatic heterocycles. The molecule has 0 unspecified atom stereocenters. The van der Waals surface area contributed by atoms with Gasteiger partial charge >= 0.3 is 6.03 Å². The number of thioether (sulfide) groups is 1. The van der Waals surface area contributed by atoms with Gasteiger partial charge in [-0.15, -0.1) is 11.8 Å². The number of hydrogen-bond acceptors (Lipinski definition) is 5. The molecule has 6 nitrogen and oxygen atoms in total. The molecule has 4 amide bonds. The van der Waals surface area contributed by atoms with Crippen molar-refractivity contribution in [2.75, 3.05) is 33.4 Å². The van der Waals surface area contributed by atoms with Crippen LogP contribution in [0.2, 0.25) is 0 Å². The quantitative estimate of drug-likeness (QED) is 0.517. The van der Waals surface area contributed by atoms with Gasteiger partial charge in [-0.05, 0) is 12.2 Å². The average molecular weight is 281 g/mol. The molecule has 0 N–H and O–H groups in total. The molecule has 2 aliphatic heterocycles. The molecule has 7 heteroatoms. The molecular formula is C12H15N3O3S. The van der Waals surface area contributed by atoms with Crippen LogP contribution in [0.1, 0.15) is 0 Å². The Balaban J connectivity index is 2.30. The molecule has 0 aliphatic carbocycles. The second-order valence-electron chi connectivity index (χ2n) is 4.37. The van der Waals surface area contributed by atoms with Gasteiger partial charge < -0.3 is 4.90 Å². The maximum atomic E-state index is 11.9. The van der Waals surface area contributed by atoms with Crippen LogP contribution in [0, 0.1) is 0 Å². The molecule has 2 aliphatic rings. The minimum absolute atomic E-state index is 0.0120. The van der Waals surface area contributed by atoms with Crippen molar-refractivity contribution in [3.63, 3.8) is 0 Å². The third kappa shape index (κ3) is 2.37. The molecule has 19 heavy (non-hydrogen) atoms. The van der Waals surface area contributed by atoms with E-state index in [-0.39, 0.29) is 5.57 Å². The number of amides is 4. The Morgan fingerprint density at radius 2 is 1.58 bits per heavy atom. The van der Waals surface area contributed by atoms with E-state index in [4.69, 9.17) is 0 Å². The highest BCUT2D eigenvalue weighted by Crippen LogP contribution is 2.26. The number of carbonyl (C=O) groups excluding carboxylic acids is 3. The second-order valence-corrected chi connectivity index (χ2v) is 5.48. The molecule has 0 atom stereocenters. The number of likely N-dealkylation sites (N-methyl/N-ethyl adjacent to an activating group) is 2. The van der Waals surface area contributed by atoms with E-state index in [1.54, 1.807) is 17.8 Å². The minimum Gasteiger partial charge on any atom is -0.369 e. The molecule has 0 bridgehead atoms. The summed E-state index contributed by atoms with van der Waals surface area (Å²) in [6.07, 6.45) is 3.24. The summed E-state index contributed by atoms with van der Waals surface area (Å²) in [4.78, 5) is 39.3. The minimum atomic E-state index is -0.604. The van der Waals surface area contributed by atoms with Gasteiger partial charge in [0.25, 0.3) is 11.8 Å². The van der Waals surface area contributed by atoms with Gasteiger partial charge in [-0.3, -0.25) is 19.4 Å². The van der Waals surface area contributed by atoms with Crippen molar-refractivity contribution >= 4 is 29.6 Å². The molecule has 0 aromatic carbocycles. The lowest BCUT2D eigenvalue weighted by Gasteiger charge is -2.28. The number of rotatable bonds is 1. The van der Waals surface area contributed by atoms with Gasteiger partial charge in [0, 0.05) is 33.4 Å². The zero-order valence-corrected chi connectivity index (χ0v) is 11.9. The Kier molecular flexibility index (Phi) is 3.66. The van der Waals surface area contributed by atoms with Crippen LogP contribution in [0.4, 0.5) is 4.79 Å². The van der Waals surface area contributed by atoms with Crippen molar-refractivity contribution in [3.8, 4) is 0 Å². The molecule has 2 saturated heterocycles. The lowest BCUT2D eigenvalue weighted by molar-refractivity contribution is -0.134. The summed E-state index contributed by atoms with van der Waals surface area (Å²) in [5, 5.41) is 1.01. The van der Waals surface area contributed by atoms with Crippen LogP contribution in [0.3, 0.4) is 0 Å². The summed E-state index contributed by atoms with van der Waals surface area (Å²) in [5.74, 6) is -0.128. The van der Waals surface area contributed by atoms with Crippen LogP contribution in [0.5, 0.6) is 0 Å². The molecule has 0 aromatic rings. The lowest BCUT2D eigenvalue weighted by Crippen LogP contribution is -2.53. The maximum absolute atomic E-state index is 11.9. The van der Waals surface area contributed by atoms with Gasteiger partial charge in [0.05, 0.1) is 5.03 Å². The second kappa shape index (κ2) is 5.08. The fourth-order valence-electron chi connectivity index (χ4n) is 1.83. The van der Waals surface area contributed by atoms with Gasteiger partial charge in [-0.2, -0.15) is 0 Å². The third-order valence-corrected chi connectivity index (χ3v) is 4.22. The molecule has 102 valence electrons. The highest BCUT2D eigenvalue weighted by atomic mass is 32.2. The number of allylic oxidation sites excluding steroid dienone is 2. The van der Waals surface area contributed by atoms with Crippen LogP contribution in [-0.4, -0.2) is 66.0 Å². The molecular weight excluding hydrogens is 266 g/mol. The number of hydrogen-bond donors (Lipinski definition) is 0. The Morgan fingerprint density at radius 1 is 1.00 bits per heavy atom. The van der Waals surface area contributed by atoms with E-state index in [1.165, 1.54) is 20.2 Å². The van der Waals surface area contributed by atoms with Gasteiger partial charge in [0.2, 0.25) is 0 Å². The summed E-state index contributed by atoms with van der Waals surface area (Å²) in [6, 6.07) is -0.604. The fraction of sp³-hybridized carbons (Fsp3) is 0.417. The fourth-order valence-corrected chi connectivity index (χ4v) is 2.88. The molecule has 2 heterocycles.